The highest BCUT2D eigenvalue weighted by molar-refractivity contribution is 6.12. The van der Waals surface area contributed by atoms with E-state index in [9.17, 15) is 10.2 Å². The van der Waals surface area contributed by atoms with Crippen LogP contribution < -0.4 is 9.47 Å². The molecule has 152 valence electrons. The molecular formula is C24H27NO4. The van der Waals surface area contributed by atoms with Crippen LogP contribution in [0.5, 0.6) is 17.2 Å². The second kappa shape index (κ2) is 7.08. The first-order valence-electron chi connectivity index (χ1n) is 10.5. The second-order valence-electron chi connectivity index (χ2n) is 7.96. The second-order valence-corrected chi connectivity index (χ2v) is 7.96. The predicted octanol–water partition coefficient (Wildman–Crippen LogP) is 4.51. The molecule has 1 fully saturated rings. The van der Waals surface area contributed by atoms with Crippen LogP contribution in [0.1, 0.15) is 43.9 Å². The Hall–Kier alpha value is -2.50. The van der Waals surface area contributed by atoms with E-state index in [4.69, 9.17) is 9.47 Å². The van der Waals surface area contributed by atoms with Gasteiger partial charge in [-0.15, -0.1) is 0 Å². The zero-order valence-electron chi connectivity index (χ0n) is 16.9. The van der Waals surface area contributed by atoms with Gasteiger partial charge in [0.25, 0.3) is 0 Å². The molecule has 5 rings (SSSR count). The molecule has 5 nitrogen and oxygen atoms in total. The number of ether oxygens (including phenoxy) is 2. The van der Waals surface area contributed by atoms with Crippen molar-refractivity contribution in [1.29, 1.82) is 0 Å². The fraction of sp³-hybridized carbons (Fsp3) is 0.417. The Balaban J connectivity index is 1.87. The Labute approximate surface area is 170 Å². The zero-order chi connectivity index (χ0) is 20.1. The van der Waals surface area contributed by atoms with Gasteiger partial charge >= 0.3 is 0 Å². The van der Waals surface area contributed by atoms with Crippen LogP contribution in [0.4, 0.5) is 0 Å². The summed E-state index contributed by atoms with van der Waals surface area (Å²) in [6.07, 6.45) is 1.61. The van der Waals surface area contributed by atoms with Crippen molar-refractivity contribution in [3.8, 4) is 17.2 Å². The van der Waals surface area contributed by atoms with Gasteiger partial charge in [-0.2, -0.15) is 0 Å². The van der Waals surface area contributed by atoms with Crippen LogP contribution in [-0.2, 0) is 6.54 Å². The number of aliphatic hydroxyl groups is 1. The number of fused-ring (bicyclic) bond motifs is 7. The molecule has 29 heavy (non-hydrogen) atoms. The highest BCUT2D eigenvalue weighted by Crippen LogP contribution is 2.47. The van der Waals surface area contributed by atoms with E-state index >= 15 is 0 Å². The Morgan fingerprint density at radius 2 is 1.66 bits per heavy atom. The first-order chi connectivity index (χ1) is 14.1. The maximum Gasteiger partial charge on any atom is 0.161 e. The van der Waals surface area contributed by atoms with E-state index in [0.29, 0.717) is 19.0 Å². The Morgan fingerprint density at radius 1 is 0.966 bits per heavy atom. The minimum absolute atomic E-state index is 0.172. The smallest absolute Gasteiger partial charge is 0.161 e. The van der Waals surface area contributed by atoms with Crippen molar-refractivity contribution in [2.75, 3.05) is 19.8 Å². The highest BCUT2D eigenvalue weighted by atomic mass is 16.5. The van der Waals surface area contributed by atoms with Gasteiger partial charge in [0.1, 0.15) is 5.75 Å². The Kier molecular flexibility index (Phi) is 4.52. The average molecular weight is 393 g/mol. The van der Waals surface area contributed by atoms with Crippen molar-refractivity contribution < 1.29 is 19.7 Å². The summed E-state index contributed by atoms with van der Waals surface area (Å²) in [6.45, 7) is 6.87. The number of phenolic OH excluding ortho intramolecular Hbond substituents is 1. The van der Waals surface area contributed by atoms with E-state index in [0.717, 1.165) is 64.4 Å². The summed E-state index contributed by atoms with van der Waals surface area (Å²) in [6, 6.07) is 9.69. The first-order valence-corrected chi connectivity index (χ1v) is 10.5. The van der Waals surface area contributed by atoms with Gasteiger partial charge in [-0.25, -0.2) is 0 Å². The third-order valence-corrected chi connectivity index (χ3v) is 6.35. The highest BCUT2D eigenvalue weighted by Gasteiger charge is 2.39. The summed E-state index contributed by atoms with van der Waals surface area (Å²) in [4.78, 5) is 2.40. The van der Waals surface area contributed by atoms with Crippen molar-refractivity contribution in [2.24, 2.45) is 0 Å². The number of nitrogens with zero attached hydrogens (tertiary/aromatic N) is 1. The number of aliphatic hydroxyl groups excluding tert-OH is 1. The standard InChI is InChI=1S/C24H27NO4/c1-3-28-21-11-17-16-10-14(26)7-8-15(16)23-19(18(17)12-22(21)29-4-2)13-25-9-5-6-20(25)24(23)27/h7-8,10-12,20,24,26-27H,3-6,9,13H2,1-2H3/t20-,24+/m0/s1. The molecule has 1 saturated heterocycles. The molecule has 2 aliphatic heterocycles. The lowest BCUT2D eigenvalue weighted by molar-refractivity contribution is 0.0552. The first kappa shape index (κ1) is 18.5. The maximum absolute atomic E-state index is 11.3. The minimum atomic E-state index is -0.528. The number of hydrogen-bond acceptors (Lipinski definition) is 5. The van der Waals surface area contributed by atoms with E-state index < -0.39 is 6.10 Å². The third kappa shape index (κ3) is 2.83. The van der Waals surface area contributed by atoms with E-state index in [-0.39, 0.29) is 11.8 Å². The molecule has 2 aliphatic rings. The van der Waals surface area contributed by atoms with Crippen molar-refractivity contribution in [1.82, 2.24) is 4.90 Å². The Bertz CT molecular complexity index is 1090. The van der Waals surface area contributed by atoms with Gasteiger partial charge in [0.2, 0.25) is 0 Å². The molecule has 5 heteroatoms. The van der Waals surface area contributed by atoms with Gasteiger partial charge < -0.3 is 19.7 Å². The molecule has 0 aromatic heterocycles. The summed E-state index contributed by atoms with van der Waals surface area (Å²) in [5, 5.41) is 25.5. The van der Waals surface area contributed by atoms with Crippen LogP contribution >= 0.6 is 0 Å². The van der Waals surface area contributed by atoms with Crippen LogP contribution in [0.2, 0.25) is 0 Å². The molecule has 0 unspecified atom stereocenters. The summed E-state index contributed by atoms with van der Waals surface area (Å²) >= 11 is 0. The number of hydrogen-bond donors (Lipinski definition) is 2. The predicted molar refractivity (Wildman–Crippen MR) is 114 cm³/mol. The van der Waals surface area contributed by atoms with Crippen molar-refractivity contribution in [3.63, 3.8) is 0 Å². The fourth-order valence-corrected chi connectivity index (χ4v) is 5.18. The van der Waals surface area contributed by atoms with Crippen molar-refractivity contribution in [2.45, 2.75) is 45.4 Å². The number of rotatable bonds is 4. The van der Waals surface area contributed by atoms with E-state index in [1.807, 2.05) is 26.0 Å². The van der Waals surface area contributed by atoms with Crippen molar-refractivity contribution in [3.05, 3.63) is 41.5 Å². The molecule has 3 aromatic carbocycles. The monoisotopic (exact) mass is 393 g/mol. The van der Waals surface area contributed by atoms with Gasteiger partial charge in [-0.05, 0) is 90.2 Å². The largest absolute Gasteiger partial charge is 0.508 e. The molecule has 2 N–H and O–H groups in total. The molecule has 3 aromatic rings. The fourth-order valence-electron chi connectivity index (χ4n) is 5.18. The molecule has 0 spiro atoms. The van der Waals surface area contributed by atoms with E-state index in [1.54, 1.807) is 12.1 Å². The van der Waals surface area contributed by atoms with Gasteiger partial charge in [0.05, 0.1) is 19.3 Å². The molecule has 0 radical (unpaired) electrons. The molecule has 0 bridgehead atoms. The topological polar surface area (TPSA) is 62.2 Å². The van der Waals surface area contributed by atoms with Crippen LogP contribution in [-0.4, -0.2) is 40.9 Å². The molecule has 0 aliphatic carbocycles. The van der Waals surface area contributed by atoms with Crippen LogP contribution in [0.25, 0.3) is 21.5 Å². The van der Waals surface area contributed by atoms with Crippen LogP contribution in [0.3, 0.4) is 0 Å². The van der Waals surface area contributed by atoms with Gasteiger partial charge in [-0.3, -0.25) is 4.90 Å². The summed E-state index contributed by atoms with van der Waals surface area (Å²) < 4.78 is 11.8. The summed E-state index contributed by atoms with van der Waals surface area (Å²) in [5.74, 6) is 1.65. The third-order valence-electron chi connectivity index (χ3n) is 6.35. The number of benzene rings is 3. The molecule has 0 saturated carbocycles. The van der Waals surface area contributed by atoms with Gasteiger partial charge in [-0.1, -0.05) is 6.07 Å². The summed E-state index contributed by atoms with van der Waals surface area (Å²) in [5.41, 5.74) is 2.16. The van der Waals surface area contributed by atoms with E-state index in [2.05, 4.69) is 11.0 Å². The van der Waals surface area contributed by atoms with Crippen LogP contribution in [0.15, 0.2) is 30.3 Å². The molecule has 2 heterocycles. The average Bonchev–Trinajstić information content (AvgIpc) is 3.18. The molecule has 0 amide bonds. The molecular weight excluding hydrogens is 366 g/mol. The zero-order valence-corrected chi connectivity index (χ0v) is 16.9. The van der Waals surface area contributed by atoms with Crippen molar-refractivity contribution >= 4 is 21.5 Å². The molecule has 2 atom stereocenters. The normalized spacial score (nSPS) is 21.3. The van der Waals surface area contributed by atoms with Gasteiger partial charge in [0.15, 0.2) is 11.5 Å². The van der Waals surface area contributed by atoms with Gasteiger partial charge in [0, 0.05) is 12.6 Å². The minimum Gasteiger partial charge on any atom is -0.508 e. The van der Waals surface area contributed by atoms with E-state index in [1.165, 1.54) is 0 Å². The lowest BCUT2D eigenvalue weighted by Crippen LogP contribution is -2.39. The summed E-state index contributed by atoms with van der Waals surface area (Å²) in [7, 11) is 0. The Morgan fingerprint density at radius 3 is 2.38 bits per heavy atom. The maximum atomic E-state index is 11.3. The number of aromatic hydroxyl groups is 1. The lowest BCUT2D eigenvalue weighted by Gasteiger charge is -2.37. The van der Waals surface area contributed by atoms with Crippen LogP contribution in [0, 0.1) is 0 Å². The quantitative estimate of drug-likeness (QED) is 0.639. The lowest BCUT2D eigenvalue weighted by atomic mass is 9.83. The SMILES string of the molecule is CCOc1cc2c3c(c4ccc(O)cc4c2cc1OCC)[C@H](O)[C@@H]1CCCN1C3. The number of phenols is 1.